The highest BCUT2D eigenvalue weighted by molar-refractivity contribution is 5.85. The molecule has 1 amide bonds. The van der Waals surface area contributed by atoms with E-state index in [0.29, 0.717) is 5.75 Å². The van der Waals surface area contributed by atoms with Crippen LogP contribution < -0.4 is 4.74 Å². The number of nitrogens with zero attached hydrogens (tertiary/aromatic N) is 1. The van der Waals surface area contributed by atoms with Crippen LogP contribution in [0.2, 0.25) is 0 Å². The number of likely N-dealkylation sites (N-methyl/N-ethyl adjacent to an activating group) is 1. The van der Waals surface area contributed by atoms with Crippen molar-refractivity contribution in [2.45, 2.75) is 38.3 Å². The van der Waals surface area contributed by atoms with Crippen molar-refractivity contribution >= 4 is 11.9 Å². The van der Waals surface area contributed by atoms with E-state index in [4.69, 9.17) is 9.47 Å². The number of amides is 1. The van der Waals surface area contributed by atoms with E-state index in [2.05, 4.69) is 0 Å². The first kappa shape index (κ1) is 23.4. The van der Waals surface area contributed by atoms with Gasteiger partial charge in [-0.3, -0.25) is 9.59 Å². The smallest absolute Gasteiger partial charge is 0.305 e. The molecular formula is C24H31NO5. The largest absolute Gasteiger partial charge is 0.497 e. The van der Waals surface area contributed by atoms with Gasteiger partial charge in [-0.25, -0.2) is 0 Å². The minimum Gasteiger partial charge on any atom is -0.497 e. The molecule has 30 heavy (non-hydrogen) atoms. The van der Waals surface area contributed by atoms with E-state index in [-0.39, 0.29) is 24.2 Å². The van der Waals surface area contributed by atoms with E-state index in [1.165, 1.54) is 7.11 Å². The Morgan fingerprint density at radius 2 is 1.57 bits per heavy atom. The lowest BCUT2D eigenvalue weighted by Crippen LogP contribution is -2.43. The Morgan fingerprint density at radius 3 is 2.10 bits per heavy atom. The van der Waals surface area contributed by atoms with Crippen LogP contribution in [0.4, 0.5) is 0 Å². The Hall–Kier alpha value is -2.86. The number of carbonyl (C=O) groups excluding carboxylic acids is 2. The van der Waals surface area contributed by atoms with Crippen LogP contribution in [0.3, 0.4) is 0 Å². The molecule has 0 aromatic heterocycles. The minimum atomic E-state index is -0.826. The fourth-order valence-electron chi connectivity index (χ4n) is 3.55. The molecule has 0 aliphatic carbocycles. The fourth-order valence-corrected chi connectivity index (χ4v) is 3.55. The maximum Gasteiger partial charge on any atom is 0.305 e. The second-order valence-corrected chi connectivity index (χ2v) is 7.55. The van der Waals surface area contributed by atoms with Crippen molar-refractivity contribution in [2.24, 2.45) is 5.92 Å². The second-order valence-electron chi connectivity index (χ2n) is 7.55. The van der Waals surface area contributed by atoms with E-state index in [1.54, 1.807) is 31.2 Å². The molecule has 162 valence electrons. The van der Waals surface area contributed by atoms with E-state index in [1.807, 2.05) is 56.3 Å². The number of aliphatic hydroxyl groups excluding tert-OH is 1. The number of ether oxygens (including phenoxy) is 2. The molecule has 4 atom stereocenters. The first-order valence-electron chi connectivity index (χ1n) is 10.0. The molecule has 2 aromatic carbocycles. The standard InChI is InChI=1S/C24H31NO5/c1-16(15-21(26)30-5)22(18-11-13-20(29-4)14-12-18)24(28)25(3)17(2)23(27)19-9-7-6-8-10-19/h6-14,16-17,22-23,27H,15H2,1-5H3/t16-,17-,22-,23+/m1/s1. The predicted molar refractivity (Wildman–Crippen MR) is 115 cm³/mol. The van der Waals surface area contributed by atoms with Crippen molar-refractivity contribution in [3.8, 4) is 5.75 Å². The van der Waals surface area contributed by atoms with E-state index >= 15 is 0 Å². The quantitative estimate of drug-likeness (QED) is 0.636. The number of hydrogen-bond acceptors (Lipinski definition) is 5. The van der Waals surface area contributed by atoms with Crippen LogP contribution in [0.5, 0.6) is 5.75 Å². The third-order valence-electron chi connectivity index (χ3n) is 5.58. The molecule has 6 nitrogen and oxygen atoms in total. The van der Waals surface area contributed by atoms with Crippen LogP contribution in [-0.2, 0) is 14.3 Å². The molecular weight excluding hydrogens is 382 g/mol. The normalized spacial score (nSPS) is 14.9. The molecule has 0 saturated heterocycles. The fraction of sp³-hybridized carbons (Fsp3) is 0.417. The van der Waals surface area contributed by atoms with Gasteiger partial charge in [-0.2, -0.15) is 0 Å². The summed E-state index contributed by atoms with van der Waals surface area (Å²) in [6, 6.07) is 16.1. The molecule has 0 fully saturated rings. The van der Waals surface area contributed by atoms with Gasteiger partial charge in [-0.05, 0) is 36.1 Å². The Kier molecular flexibility index (Phi) is 8.42. The molecule has 6 heteroatoms. The first-order chi connectivity index (χ1) is 14.3. The van der Waals surface area contributed by atoms with Crippen molar-refractivity contribution in [1.29, 1.82) is 0 Å². The average molecular weight is 414 g/mol. The highest BCUT2D eigenvalue weighted by Crippen LogP contribution is 2.32. The number of hydrogen-bond donors (Lipinski definition) is 1. The Balaban J connectivity index is 2.30. The summed E-state index contributed by atoms with van der Waals surface area (Å²) < 4.78 is 10.0. The summed E-state index contributed by atoms with van der Waals surface area (Å²) in [4.78, 5) is 26.9. The van der Waals surface area contributed by atoms with Crippen molar-refractivity contribution in [2.75, 3.05) is 21.3 Å². The van der Waals surface area contributed by atoms with Gasteiger partial charge in [0.1, 0.15) is 5.75 Å². The van der Waals surface area contributed by atoms with Crippen molar-refractivity contribution < 1.29 is 24.2 Å². The summed E-state index contributed by atoms with van der Waals surface area (Å²) >= 11 is 0. The monoisotopic (exact) mass is 413 g/mol. The highest BCUT2D eigenvalue weighted by Gasteiger charge is 2.34. The molecule has 0 spiro atoms. The van der Waals surface area contributed by atoms with Crippen LogP contribution in [0.15, 0.2) is 54.6 Å². The molecule has 1 N–H and O–H groups in total. The van der Waals surface area contributed by atoms with Crippen molar-refractivity contribution in [3.63, 3.8) is 0 Å². The van der Waals surface area contributed by atoms with E-state index in [9.17, 15) is 14.7 Å². The lowest BCUT2D eigenvalue weighted by atomic mass is 9.83. The highest BCUT2D eigenvalue weighted by atomic mass is 16.5. The van der Waals surface area contributed by atoms with Crippen LogP contribution in [0.1, 0.15) is 43.4 Å². The van der Waals surface area contributed by atoms with Crippen LogP contribution >= 0.6 is 0 Å². The molecule has 0 unspecified atom stereocenters. The van der Waals surface area contributed by atoms with Crippen molar-refractivity contribution in [3.05, 3.63) is 65.7 Å². The summed E-state index contributed by atoms with van der Waals surface area (Å²) in [6.07, 6.45) is -0.713. The third kappa shape index (κ3) is 5.60. The summed E-state index contributed by atoms with van der Waals surface area (Å²) in [6.45, 7) is 3.67. The molecule has 0 radical (unpaired) electrons. The Bertz CT molecular complexity index is 821. The first-order valence-corrected chi connectivity index (χ1v) is 10.0. The van der Waals surface area contributed by atoms with Gasteiger partial charge in [0.05, 0.1) is 32.3 Å². The van der Waals surface area contributed by atoms with E-state index in [0.717, 1.165) is 11.1 Å². The summed E-state index contributed by atoms with van der Waals surface area (Å²) in [7, 11) is 4.60. The maximum absolute atomic E-state index is 13.5. The SMILES string of the molecule is COC(=O)C[C@@H](C)[C@@H](C(=O)N(C)[C@H](C)[C@H](O)c1ccccc1)c1ccc(OC)cc1. The van der Waals surface area contributed by atoms with Gasteiger partial charge in [0, 0.05) is 13.5 Å². The molecule has 2 rings (SSSR count). The lowest BCUT2D eigenvalue weighted by Gasteiger charge is -2.34. The summed E-state index contributed by atoms with van der Waals surface area (Å²) in [5.41, 5.74) is 1.53. The molecule has 0 heterocycles. The number of benzene rings is 2. The Labute approximate surface area is 178 Å². The van der Waals surface area contributed by atoms with Gasteiger partial charge in [-0.15, -0.1) is 0 Å². The summed E-state index contributed by atoms with van der Waals surface area (Å²) in [5, 5.41) is 10.8. The van der Waals surface area contributed by atoms with Crippen LogP contribution in [0.25, 0.3) is 0 Å². The number of esters is 1. The number of carbonyl (C=O) groups is 2. The van der Waals surface area contributed by atoms with Gasteiger partial charge in [0.15, 0.2) is 0 Å². The zero-order valence-corrected chi connectivity index (χ0v) is 18.2. The zero-order chi connectivity index (χ0) is 22.3. The van der Waals surface area contributed by atoms with Gasteiger partial charge >= 0.3 is 5.97 Å². The maximum atomic E-state index is 13.5. The zero-order valence-electron chi connectivity index (χ0n) is 18.2. The molecule has 0 saturated carbocycles. The van der Waals surface area contributed by atoms with E-state index < -0.39 is 18.1 Å². The minimum absolute atomic E-state index is 0.113. The topological polar surface area (TPSA) is 76.1 Å². The molecule has 0 aliphatic heterocycles. The summed E-state index contributed by atoms with van der Waals surface area (Å²) in [5.74, 6) is -0.702. The second kappa shape index (κ2) is 10.8. The predicted octanol–water partition coefficient (Wildman–Crippen LogP) is 3.56. The van der Waals surface area contributed by atoms with Gasteiger partial charge in [0.2, 0.25) is 5.91 Å². The number of rotatable bonds is 9. The number of aliphatic hydroxyl groups is 1. The van der Waals surface area contributed by atoms with Gasteiger partial charge < -0.3 is 19.5 Å². The Morgan fingerprint density at radius 1 is 0.967 bits per heavy atom. The van der Waals surface area contributed by atoms with Crippen LogP contribution in [0, 0.1) is 5.92 Å². The molecule has 0 bridgehead atoms. The average Bonchev–Trinajstić information content (AvgIpc) is 2.78. The van der Waals surface area contributed by atoms with Crippen molar-refractivity contribution in [1.82, 2.24) is 4.90 Å². The molecule has 0 aliphatic rings. The lowest BCUT2D eigenvalue weighted by molar-refractivity contribution is -0.143. The van der Waals surface area contributed by atoms with Gasteiger partial charge in [0.25, 0.3) is 0 Å². The number of methoxy groups -OCH3 is 2. The molecule has 2 aromatic rings. The third-order valence-corrected chi connectivity index (χ3v) is 5.58. The van der Waals surface area contributed by atoms with Gasteiger partial charge in [-0.1, -0.05) is 49.4 Å². The van der Waals surface area contributed by atoms with Crippen LogP contribution in [-0.4, -0.2) is 49.2 Å².